The highest BCUT2D eigenvalue weighted by atomic mass is 35.5. The van der Waals surface area contributed by atoms with Crippen molar-refractivity contribution in [1.82, 2.24) is 5.32 Å². The fourth-order valence-electron chi connectivity index (χ4n) is 2.84. The van der Waals surface area contributed by atoms with Crippen molar-refractivity contribution in [3.63, 3.8) is 0 Å². The molecule has 0 bridgehead atoms. The first-order valence-corrected chi connectivity index (χ1v) is 7.58. The van der Waals surface area contributed by atoms with Crippen LogP contribution in [-0.4, -0.2) is 31.4 Å². The van der Waals surface area contributed by atoms with E-state index in [0.29, 0.717) is 12.3 Å². The van der Waals surface area contributed by atoms with Crippen molar-refractivity contribution in [2.45, 2.75) is 19.8 Å². The van der Waals surface area contributed by atoms with E-state index in [1.807, 2.05) is 31.2 Å². The summed E-state index contributed by atoms with van der Waals surface area (Å²) in [5.41, 5.74) is 1.55. The van der Waals surface area contributed by atoms with Gasteiger partial charge in [0.1, 0.15) is 0 Å². The lowest BCUT2D eigenvalue weighted by molar-refractivity contribution is -0.121. The van der Waals surface area contributed by atoms with Crippen molar-refractivity contribution in [2.75, 3.05) is 29.9 Å². The van der Waals surface area contributed by atoms with E-state index in [1.165, 1.54) is 0 Å². The van der Waals surface area contributed by atoms with E-state index < -0.39 is 0 Å². The van der Waals surface area contributed by atoms with Crippen LogP contribution in [-0.2, 0) is 9.59 Å². The molecule has 2 N–H and O–H groups in total. The Kier molecular flexibility index (Phi) is 5.42. The minimum atomic E-state index is -0.0198. The summed E-state index contributed by atoms with van der Waals surface area (Å²) < 4.78 is 0. The molecule has 2 fully saturated rings. The lowest BCUT2D eigenvalue weighted by atomic mass is 9.88. The van der Waals surface area contributed by atoms with E-state index >= 15 is 0 Å². The molecule has 0 radical (unpaired) electrons. The van der Waals surface area contributed by atoms with E-state index in [0.717, 1.165) is 37.4 Å². The molecule has 2 aliphatic rings. The lowest BCUT2D eigenvalue weighted by Gasteiger charge is -2.32. The first-order valence-electron chi connectivity index (χ1n) is 7.58. The summed E-state index contributed by atoms with van der Waals surface area (Å²) in [5.74, 6) is 0.549. The largest absolute Gasteiger partial charge is 0.324 e. The van der Waals surface area contributed by atoms with Crippen LogP contribution in [0.4, 0.5) is 11.4 Å². The molecule has 1 aromatic carbocycles. The summed E-state index contributed by atoms with van der Waals surface area (Å²) in [4.78, 5) is 26.0. The molecule has 2 saturated heterocycles. The van der Waals surface area contributed by atoms with Gasteiger partial charge in [0.2, 0.25) is 11.8 Å². The van der Waals surface area contributed by atoms with Gasteiger partial charge in [0.25, 0.3) is 0 Å². The number of benzene rings is 1. The predicted octanol–water partition coefficient (Wildman–Crippen LogP) is 2.03. The number of carbonyl (C=O) groups is 2. The Bertz CT molecular complexity index is 560. The van der Waals surface area contributed by atoms with Gasteiger partial charge in [-0.2, -0.15) is 0 Å². The second kappa shape index (κ2) is 7.11. The first-order chi connectivity index (χ1) is 10.2. The van der Waals surface area contributed by atoms with Gasteiger partial charge in [0, 0.05) is 18.9 Å². The third-order valence-electron chi connectivity index (χ3n) is 4.46. The number of carbonyl (C=O) groups excluding carboxylic acids is 2. The van der Waals surface area contributed by atoms with E-state index in [4.69, 9.17) is 0 Å². The molecule has 1 unspecified atom stereocenters. The third-order valence-corrected chi connectivity index (χ3v) is 4.46. The highest BCUT2D eigenvalue weighted by molar-refractivity contribution is 6.02. The lowest BCUT2D eigenvalue weighted by Crippen LogP contribution is -2.48. The maximum Gasteiger partial charge on any atom is 0.227 e. The maximum absolute atomic E-state index is 12.4. The van der Waals surface area contributed by atoms with Crippen molar-refractivity contribution in [3.8, 4) is 0 Å². The summed E-state index contributed by atoms with van der Waals surface area (Å²) in [5, 5.41) is 6.19. The van der Waals surface area contributed by atoms with Crippen LogP contribution in [0.15, 0.2) is 24.3 Å². The molecule has 0 saturated carbocycles. The second-order valence-electron chi connectivity index (χ2n) is 5.86. The van der Waals surface area contributed by atoms with Gasteiger partial charge in [0.05, 0.1) is 11.4 Å². The van der Waals surface area contributed by atoms with Crippen LogP contribution in [0.3, 0.4) is 0 Å². The van der Waals surface area contributed by atoms with Crippen molar-refractivity contribution < 1.29 is 9.59 Å². The molecule has 120 valence electrons. The van der Waals surface area contributed by atoms with Crippen molar-refractivity contribution in [2.24, 2.45) is 11.8 Å². The molecule has 2 amide bonds. The van der Waals surface area contributed by atoms with Gasteiger partial charge < -0.3 is 15.5 Å². The monoisotopic (exact) mass is 323 g/mol. The van der Waals surface area contributed by atoms with Crippen molar-refractivity contribution in [3.05, 3.63) is 24.3 Å². The molecule has 1 atom stereocenters. The van der Waals surface area contributed by atoms with E-state index in [2.05, 4.69) is 10.6 Å². The molecule has 5 nitrogen and oxygen atoms in total. The number of rotatable bonds is 4. The van der Waals surface area contributed by atoms with Gasteiger partial charge in [-0.05, 0) is 37.6 Å². The van der Waals surface area contributed by atoms with Gasteiger partial charge in [0.15, 0.2) is 0 Å². The SMILES string of the molecule is CC(C(=O)Nc1ccccc1N1CCCC1=O)C1CNC1.Cl. The van der Waals surface area contributed by atoms with Gasteiger partial charge in [-0.15, -0.1) is 12.4 Å². The zero-order chi connectivity index (χ0) is 14.8. The van der Waals surface area contributed by atoms with Crippen molar-refractivity contribution >= 4 is 35.6 Å². The number of hydrogen-bond donors (Lipinski definition) is 2. The smallest absolute Gasteiger partial charge is 0.227 e. The minimum absolute atomic E-state index is 0. The Labute approximate surface area is 136 Å². The highest BCUT2D eigenvalue weighted by Crippen LogP contribution is 2.30. The van der Waals surface area contributed by atoms with Gasteiger partial charge in [-0.3, -0.25) is 9.59 Å². The average Bonchev–Trinajstić information content (AvgIpc) is 2.83. The summed E-state index contributed by atoms with van der Waals surface area (Å²) in [7, 11) is 0. The van der Waals surface area contributed by atoms with Gasteiger partial charge >= 0.3 is 0 Å². The van der Waals surface area contributed by atoms with Crippen molar-refractivity contribution in [1.29, 1.82) is 0 Å². The molecule has 2 aliphatic heterocycles. The molecule has 1 aromatic rings. The Morgan fingerprint density at radius 2 is 2.09 bits per heavy atom. The Hall–Kier alpha value is -1.59. The second-order valence-corrected chi connectivity index (χ2v) is 5.86. The quantitative estimate of drug-likeness (QED) is 0.891. The molecule has 0 aliphatic carbocycles. The highest BCUT2D eigenvalue weighted by Gasteiger charge is 2.30. The molecule has 6 heteroatoms. The molecule has 22 heavy (non-hydrogen) atoms. The minimum Gasteiger partial charge on any atom is -0.324 e. The summed E-state index contributed by atoms with van der Waals surface area (Å²) in [6.45, 7) is 4.50. The first kappa shape index (κ1) is 16.8. The molecular formula is C16H22ClN3O2. The van der Waals surface area contributed by atoms with E-state index in [9.17, 15) is 9.59 Å². The van der Waals surface area contributed by atoms with Gasteiger partial charge in [-0.25, -0.2) is 0 Å². The summed E-state index contributed by atoms with van der Waals surface area (Å²) in [6, 6.07) is 7.55. The summed E-state index contributed by atoms with van der Waals surface area (Å²) >= 11 is 0. The number of halogens is 1. The normalized spacial score (nSPS) is 19.3. The predicted molar refractivity (Wildman–Crippen MR) is 89.4 cm³/mol. The molecular weight excluding hydrogens is 302 g/mol. The fraction of sp³-hybridized carbons (Fsp3) is 0.500. The Balaban J connectivity index is 0.00000176. The van der Waals surface area contributed by atoms with Crippen LogP contribution in [0.25, 0.3) is 0 Å². The maximum atomic E-state index is 12.4. The van der Waals surface area contributed by atoms with Crippen LogP contribution in [0.2, 0.25) is 0 Å². The Morgan fingerprint density at radius 1 is 1.36 bits per heavy atom. The number of hydrogen-bond acceptors (Lipinski definition) is 3. The van der Waals surface area contributed by atoms with Crippen LogP contribution in [0.5, 0.6) is 0 Å². The summed E-state index contributed by atoms with van der Waals surface area (Å²) in [6.07, 6.45) is 1.47. The van der Waals surface area contributed by atoms with Crippen LogP contribution in [0.1, 0.15) is 19.8 Å². The average molecular weight is 324 g/mol. The standard InChI is InChI=1S/C16H21N3O2.ClH/c1-11(12-9-17-10-12)16(21)18-13-5-2-3-6-14(13)19-8-4-7-15(19)20;/h2-3,5-6,11-12,17H,4,7-10H2,1H3,(H,18,21);1H. The zero-order valence-electron chi connectivity index (χ0n) is 12.7. The van der Waals surface area contributed by atoms with E-state index in [1.54, 1.807) is 4.90 Å². The molecule has 2 heterocycles. The van der Waals surface area contributed by atoms with Crippen LogP contribution in [0, 0.1) is 11.8 Å². The van der Waals surface area contributed by atoms with Gasteiger partial charge in [-0.1, -0.05) is 19.1 Å². The number of para-hydroxylation sites is 2. The van der Waals surface area contributed by atoms with Crippen LogP contribution < -0.4 is 15.5 Å². The number of nitrogens with zero attached hydrogens (tertiary/aromatic N) is 1. The van der Waals surface area contributed by atoms with E-state index in [-0.39, 0.29) is 30.1 Å². The third kappa shape index (κ3) is 3.25. The fourth-order valence-corrected chi connectivity index (χ4v) is 2.84. The zero-order valence-corrected chi connectivity index (χ0v) is 13.5. The number of nitrogens with one attached hydrogen (secondary N) is 2. The molecule has 3 rings (SSSR count). The van der Waals surface area contributed by atoms with Crippen LogP contribution >= 0.6 is 12.4 Å². The molecule has 0 aromatic heterocycles. The number of anilines is 2. The Morgan fingerprint density at radius 3 is 2.68 bits per heavy atom. The topological polar surface area (TPSA) is 61.4 Å². The number of amides is 2. The molecule has 0 spiro atoms.